The second-order valence-corrected chi connectivity index (χ2v) is 6.72. The number of sulfonamides is 1. The Morgan fingerprint density at radius 2 is 2.15 bits per heavy atom. The monoisotopic (exact) mass is 292 g/mol. The van der Waals surface area contributed by atoms with Gasteiger partial charge in [0.1, 0.15) is 4.90 Å². The van der Waals surface area contributed by atoms with E-state index in [1.165, 1.54) is 6.20 Å². The van der Waals surface area contributed by atoms with Gasteiger partial charge >= 0.3 is 0 Å². The van der Waals surface area contributed by atoms with Gasteiger partial charge in [0.2, 0.25) is 10.0 Å². The second-order valence-electron chi connectivity index (χ2n) is 4.83. The molecular weight excluding hydrogens is 276 g/mol. The Morgan fingerprint density at radius 1 is 1.25 bits per heavy atom. The zero-order valence-corrected chi connectivity index (χ0v) is 11.8. The van der Waals surface area contributed by atoms with E-state index in [1.54, 1.807) is 28.8 Å². The number of nitrogens with zero attached hydrogens (tertiary/aromatic N) is 3. The predicted octanol–water partition coefficient (Wildman–Crippen LogP) is 1.72. The summed E-state index contributed by atoms with van der Waals surface area (Å²) >= 11 is 0. The molecule has 1 aliphatic heterocycles. The summed E-state index contributed by atoms with van der Waals surface area (Å²) in [4.78, 5) is 4.15. The topological polar surface area (TPSA) is 79.0 Å². The molecule has 1 fully saturated rings. The number of pyridine rings is 1. The molecule has 0 unspecified atom stereocenters. The molecule has 20 heavy (non-hydrogen) atoms. The van der Waals surface area contributed by atoms with Crippen LogP contribution in [0.15, 0.2) is 41.7 Å². The summed E-state index contributed by atoms with van der Waals surface area (Å²) in [6, 6.07) is 4.89. The number of aromatic amines is 1. The standard InChI is InChI=1S/C13H16N4O2S/c18-20(19,11-4-3-7-14-10-11)17-9-2-1-5-13(17)12-6-8-15-16-12/h3-4,6-8,10,13H,1-2,5,9H2,(H,15,16)/t13-/m1/s1. The van der Waals surface area contributed by atoms with Gasteiger partial charge in [-0.1, -0.05) is 6.42 Å². The Balaban J connectivity index is 1.98. The lowest BCUT2D eigenvalue weighted by Gasteiger charge is -2.33. The lowest BCUT2D eigenvalue weighted by Crippen LogP contribution is -2.38. The molecule has 0 bridgehead atoms. The van der Waals surface area contributed by atoms with Crippen molar-refractivity contribution in [1.29, 1.82) is 0 Å². The average Bonchev–Trinajstić information content (AvgIpc) is 3.02. The van der Waals surface area contributed by atoms with E-state index in [-0.39, 0.29) is 10.9 Å². The minimum atomic E-state index is -3.51. The number of hydrogen-bond donors (Lipinski definition) is 1. The van der Waals surface area contributed by atoms with Crippen LogP contribution in [0.2, 0.25) is 0 Å². The van der Waals surface area contributed by atoms with Gasteiger partial charge in [-0.3, -0.25) is 10.1 Å². The maximum atomic E-state index is 12.7. The summed E-state index contributed by atoms with van der Waals surface area (Å²) in [6.07, 6.45) is 7.32. The molecule has 3 heterocycles. The highest BCUT2D eigenvalue weighted by Crippen LogP contribution is 2.34. The fraction of sp³-hybridized carbons (Fsp3) is 0.385. The van der Waals surface area contributed by atoms with Crippen LogP contribution in [0.4, 0.5) is 0 Å². The van der Waals surface area contributed by atoms with Gasteiger partial charge in [0.25, 0.3) is 0 Å². The van der Waals surface area contributed by atoms with Crippen molar-refractivity contribution in [1.82, 2.24) is 19.5 Å². The molecule has 0 spiro atoms. The van der Waals surface area contributed by atoms with Crippen molar-refractivity contribution in [2.45, 2.75) is 30.2 Å². The first-order valence-electron chi connectivity index (χ1n) is 6.61. The second kappa shape index (κ2) is 5.34. The smallest absolute Gasteiger partial charge is 0.245 e. The quantitative estimate of drug-likeness (QED) is 0.934. The van der Waals surface area contributed by atoms with E-state index in [1.807, 2.05) is 6.07 Å². The van der Waals surface area contributed by atoms with E-state index in [4.69, 9.17) is 0 Å². The number of piperidine rings is 1. The molecule has 1 aliphatic rings. The molecule has 2 aromatic heterocycles. The summed E-state index contributed by atoms with van der Waals surface area (Å²) in [5, 5.41) is 6.82. The maximum absolute atomic E-state index is 12.7. The van der Waals surface area contributed by atoms with Gasteiger partial charge in [0.15, 0.2) is 0 Å². The summed E-state index contributed by atoms with van der Waals surface area (Å²) in [5.74, 6) is 0. The fourth-order valence-corrected chi connectivity index (χ4v) is 4.23. The van der Waals surface area contributed by atoms with Crippen molar-refractivity contribution in [2.24, 2.45) is 0 Å². The largest absolute Gasteiger partial charge is 0.281 e. The van der Waals surface area contributed by atoms with Crippen LogP contribution in [-0.4, -0.2) is 34.4 Å². The Hall–Kier alpha value is -1.73. The van der Waals surface area contributed by atoms with Gasteiger partial charge in [-0.2, -0.15) is 9.40 Å². The van der Waals surface area contributed by atoms with E-state index in [2.05, 4.69) is 15.2 Å². The Bertz CT molecular complexity index is 655. The van der Waals surface area contributed by atoms with E-state index in [0.717, 1.165) is 25.0 Å². The van der Waals surface area contributed by atoms with Crippen molar-refractivity contribution in [3.8, 4) is 0 Å². The van der Waals surface area contributed by atoms with Gasteiger partial charge in [-0.15, -0.1) is 0 Å². The molecule has 0 amide bonds. The molecule has 106 valence electrons. The predicted molar refractivity (Wildman–Crippen MR) is 73.3 cm³/mol. The number of nitrogens with one attached hydrogen (secondary N) is 1. The lowest BCUT2D eigenvalue weighted by molar-refractivity contribution is 0.251. The van der Waals surface area contributed by atoms with Crippen LogP contribution in [0.25, 0.3) is 0 Å². The SMILES string of the molecule is O=S(=O)(c1cccnc1)N1CCCC[C@@H]1c1ccn[nH]1. The normalized spacial score (nSPS) is 20.9. The fourth-order valence-electron chi connectivity index (χ4n) is 2.59. The highest BCUT2D eigenvalue weighted by molar-refractivity contribution is 7.89. The minimum absolute atomic E-state index is 0.170. The molecule has 3 rings (SSSR count). The summed E-state index contributed by atoms with van der Waals surface area (Å²) in [7, 11) is -3.51. The highest BCUT2D eigenvalue weighted by atomic mass is 32.2. The molecule has 0 aliphatic carbocycles. The first kappa shape index (κ1) is 13.3. The molecular formula is C13H16N4O2S. The Labute approximate surface area is 117 Å². The minimum Gasteiger partial charge on any atom is -0.281 e. The maximum Gasteiger partial charge on any atom is 0.245 e. The Morgan fingerprint density at radius 3 is 2.85 bits per heavy atom. The first-order valence-corrected chi connectivity index (χ1v) is 8.05. The van der Waals surface area contributed by atoms with Crippen LogP contribution in [0.3, 0.4) is 0 Å². The van der Waals surface area contributed by atoms with Crippen LogP contribution in [0, 0.1) is 0 Å². The van der Waals surface area contributed by atoms with Crippen LogP contribution >= 0.6 is 0 Å². The third-order valence-electron chi connectivity index (χ3n) is 3.58. The van der Waals surface area contributed by atoms with E-state index in [0.29, 0.717) is 6.54 Å². The lowest BCUT2D eigenvalue weighted by atomic mass is 10.0. The number of hydrogen-bond acceptors (Lipinski definition) is 4. The van der Waals surface area contributed by atoms with Crippen LogP contribution in [0.1, 0.15) is 31.0 Å². The van der Waals surface area contributed by atoms with E-state index < -0.39 is 10.0 Å². The van der Waals surface area contributed by atoms with Gasteiger partial charge in [-0.25, -0.2) is 8.42 Å². The van der Waals surface area contributed by atoms with Gasteiger partial charge in [0.05, 0.1) is 11.7 Å². The van der Waals surface area contributed by atoms with Crippen molar-refractivity contribution >= 4 is 10.0 Å². The molecule has 1 N–H and O–H groups in total. The van der Waals surface area contributed by atoms with E-state index >= 15 is 0 Å². The first-order chi connectivity index (χ1) is 9.69. The van der Waals surface area contributed by atoms with Crippen molar-refractivity contribution in [2.75, 3.05) is 6.54 Å². The average molecular weight is 292 g/mol. The molecule has 0 saturated carbocycles. The third-order valence-corrected chi connectivity index (χ3v) is 5.47. The molecule has 6 nitrogen and oxygen atoms in total. The highest BCUT2D eigenvalue weighted by Gasteiger charge is 2.35. The summed E-state index contributed by atoms with van der Waals surface area (Å²) < 4.78 is 27.0. The number of H-pyrrole nitrogens is 1. The zero-order chi connectivity index (χ0) is 14.0. The number of aromatic nitrogens is 3. The molecule has 2 aromatic rings. The van der Waals surface area contributed by atoms with Crippen LogP contribution < -0.4 is 0 Å². The Kier molecular flexibility index (Phi) is 3.54. The van der Waals surface area contributed by atoms with Crippen LogP contribution in [0.5, 0.6) is 0 Å². The van der Waals surface area contributed by atoms with Crippen molar-refractivity contribution in [3.05, 3.63) is 42.5 Å². The van der Waals surface area contributed by atoms with Crippen molar-refractivity contribution < 1.29 is 8.42 Å². The molecule has 1 saturated heterocycles. The van der Waals surface area contributed by atoms with Crippen LogP contribution in [-0.2, 0) is 10.0 Å². The van der Waals surface area contributed by atoms with Gasteiger partial charge < -0.3 is 0 Å². The number of rotatable bonds is 3. The van der Waals surface area contributed by atoms with Gasteiger partial charge in [0, 0.05) is 25.1 Å². The van der Waals surface area contributed by atoms with Gasteiger partial charge in [-0.05, 0) is 31.0 Å². The van der Waals surface area contributed by atoms with Crippen molar-refractivity contribution in [3.63, 3.8) is 0 Å². The molecule has 7 heteroatoms. The molecule has 1 atom stereocenters. The van der Waals surface area contributed by atoms with E-state index in [9.17, 15) is 8.42 Å². The summed E-state index contributed by atoms with van der Waals surface area (Å²) in [5.41, 5.74) is 0.845. The summed E-state index contributed by atoms with van der Waals surface area (Å²) in [6.45, 7) is 0.529. The zero-order valence-electron chi connectivity index (χ0n) is 10.9. The molecule has 0 aromatic carbocycles. The molecule has 0 radical (unpaired) electrons. The third kappa shape index (κ3) is 2.34.